The van der Waals surface area contributed by atoms with Crippen LogP contribution in [0.1, 0.15) is 6.92 Å². The molecule has 0 bridgehead atoms. The molecule has 13 heteroatoms. The minimum Gasteiger partial charge on any atom is -0.315 e. The largest absolute Gasteiger partial charge is 0.354 e. The topological polar surface area (TPSA) is 159 Å². The van der Waals surface area contributed by atoms with Gasteiger partial charge >= 0.3 is 17.1 Å². The number of nitrogens with one attached hydrogen (secondary N) is 1. The zero-order chi connectivity index (χ0) is 16.5. The molecular weight excluding hydrogens is 302 g/mol. The minimum atomic E-state index is -2.24. The Morgan fingerprint density at radius 3 is 1.48 bits per heavy atom. The van der Waals surface area contributed by atoms with Crippen LogP contribution in [0.4, 0.5) is 31.5 Å². The number of carbonyl (C=O) groups excluding carboxylic acids is 1. The molecule has 1 aromatic rings. The molecule has 0 aliphatic heterocycles. The van der Waals surface area contributed by atoms with E-state index in [1.54, 1.807) is 0 Å². The predicted molar refractivity (Wildman–Crippen MR) is 60.6 cm³/mol. The lowest BCUT2D eigenvalue weighted by Gasteiger charge is -2.06. The van der Waals surface area contributed by atoms with Gasteiger partial charge in [0.1, 0.15) is 0 Å². The van der Waals surface area contributed by atoms with E-state index in [4.69, 9.17) is 0 Å². The van der Waals surface area contributed by atoms with Crippen LogP contribution in [-0.2, 0) is 4.79 Å². The van der Waals surface area contributed by atoms with Crippen LogP contribution in [0.5, 0.6) is 0 Å². The van der Waals surface area contributed by atoms with Gasteiger partial charge < -0.3 is 5.32 Å². The summed E-state index contributed by atoms with van der Waals surface area (Å²) in [6.07, 6.45) is 0. The fourth-order valence-electron chi connectivity index (χ4n) is 1.45. The molecule has 0 aliphatic carbocycles. The van der Waals surface area contributed by atoms with E-state index in [1.165, 1.54) is 5.32 Å². The second kappa shape index (κ2) is 5.40. The molecule has 21 heavy (non-hydrogen) atoms. The first kappa shape index (κ1) is 15.8. The number of amides is 1. The number of hydrogen-bond acceptors (Lipinski definition) is 7. The average Bonchev–Trinajstić information content (AvgIpc) is 2.25. The normalized spacial score (nSPS) is 10.0. The maximum Gasteiger partial charge on any atom is 0.354 e. The van der Waals surface area contributed by atoms with Crippen LogP contribution in [0.15, 0.2) is 0 Å². The van der Waals surface area contributed by atoms with Crippen LogP contribution < -0.4 is 5.32 Å². The van der Waals surface area contributed by atoms with Gasteiger partial charge in [0, 0.05) is 6.92 Å². The first-order chi connectivity index (χ1) is 9.59. The standard InChI is InChI=1S/C8H4F2N4O7/c1-2(15)11-5-7(13(18)19)3(9)6(12(16)17)4(10)8(5)14(20)21/h1H3,(H,11,15). The highest BCUT2D eigenvalue weighted by Gasteiger charge is 2.43. The van der Waals surface area contributed by atoms with Gasteiger partial charge in [0.05, 0.1) is 14.8 Å². The Bertz CT molecular complexity index is 649. The van der Waals surface area contributed by atoms with E-state index < -0.39 is 55.1 Å². The molecular formula is C8H4F2N4O7. The second-order valence-corrected chi connectivity index (χ2v) is 3.50. The summed E-state index contributed by atoms with van der Waals surface area (Å²) in [6.45, 7) is 0.769. The second-order valence-electron chi connectivity index (χ2n) is 3.50. The van der Waals surface area contributed by atoms with Crippen LogP contribution >= 0.6 is 0 Å². The zero-order valence-electron chi connectivity index (χ0n) is 9.96. The van der Waals surface area contributed by atoms with Gasteiger partial charge in [-0.25, -0.2) is 0 Å². The quantitative estimate of drug-likeness (QED) is 0.653. The maximum absolute atomic E-state index is 13.7. The molecule has 0 aliphatic rings. The number of benzene rings is 1. The molecule has 0 saturated heterocycles. The molecule has 1 rings (SSSR count). The molecule has 0 saturated carbocycles. The van der Waals surface area contributed by atoms with Gasteiger partial charge in [-0.15, -0.1) is 0 Å². The van der Waals surface area contributed by atoms with Crippen LogP contribution in [0.3, 0.4) is 0 Å². The van der Waals surface area contributed by atoms with Gasteiger partial charge in [-0.05, 0) is 0 Å². The summed E-state index contributed by atoms with van der Waals surface area (Å²) in [5, 5.41) is 33.5. The third-order valence-corrected chi connectivity index (χ3v) is 2.15. The van der Waals surface area contributed by atoms with Gasteiger partial charge in [0.15, 0.2) is 0 Å². The third-order valence-electron chi connectivity index (χ3n) is 2.15. The van der Waals surface area contributed by atoms with Crippen LogP contribution in [-0.4, -0.2) is 20.7 Å². The highest BCUT2D eigenvalue weighted by molar-refractivity contribution is 5.95. The van der Waals surface area contributed by atoms with Crippen molar-refractivity contribution in [3.05, 3.63) is 42.0 Å². The SMILES string of the molecule is CC(=O)Nc1c([N+](=O)[O-])c(F)c([N+](=O)[O-])c(F)c1[N+](=O)[O-]. The van der Waals surface area contributed by atoms with E-state index in [1.807, 2.05) is 0 Å². The molecule has 0 fully saturated rings. The van der Waals surface area contributed by atoms with Crippen LogP contribution in [0.25, 0.3) is 0 Å². The number of nitrogens with zero attached hydrogens (tertiary/aromatic N) is 3. The molecule has 0 heterocycles. The fourth-order valence-corrected chi connectivity index (χ4v) is 1.45. The Labute approximate surface area is 112 Å². The van der Waals surface area contributed by atoms with Crippen molar-refractivity contribution in [3.8, 4) is 0 Å². The Morgan fingerprint density at radius 1 is 0.905 bits per heavy atom. The van der Waals surface area contributed by atoms with E-state index >= 15 is 0 Å². The lowest BCUT2D eigenvalue weighted by atomic mass is 10.1. The van der Waals surface area contributed by atoms with Crippen molar-refractivity contribution in [1.29, 1.82) is 0 Å². The summed E-state index contributed by atoms with van der Waals surface area (Å²) in [6, 6.07) is 0. The van der Waals surface area contributed by atoms with Crippen molar-refractivity contribution in [2.75, 3.05) is 5.32 Å². The molecule has 0 radical (unpaired) electrons. The summed E-state index contributed by atoms with van der Waals surface area (Å²) in [5.41, 5.74) is -7.00. The van der Waals surface area contributed by atoms with E-state index in [9.17, 15) is 43.9 Å². The maximum atomic E-state index is 13.7. The number of nitro benzene ring substituents is 3. The number of hydrogen-bond donors (Lipinski definition) is 1. The highest BCUT2D eigenvalue weighted by Crippen LogP contribution is 2.44. The Morgan fingerprint density at radius 2 is 1.24 bits per heavy atom. The van der Waals surface area contributed by atoms with Gasteiger partial charge in [-0.3, -0.25) is 35.1 Å². The molecule has 1 aromatic carbocycles. The minimum absolute atomic E-state index is 0.769. The summed E-state index contributed by atoms with van der Waals surface area (Å²) in [7, 11) is 0. The molecule has 11 nitrogen and oxygen atoms in total. The number of anilines is 1. The van der Waals surface area contributed by atoms with Crippen molar-refractivity contribution in [1.82, 2.24) is 0 Å². The zero-order valence-corrected chi connectivity index (χ0v) is 9.96. The Balaban J connectivity index is 4.00. The average molecular weight is 306 g/mol. The number of halogens is 2. The predicted octanol–water partition coefficient (Wildman–Crippen LogP) is 1.65. The first-order valence-corrected chi connectivity index (χ1v) is 4.85. The van der Waals surface area contributed by atoms with Crippen molar-refractivity contribution in [2.45, 2.75) is 6.92 Å². The molecule has 0 atom stereocenters. The van der Waals surface area contributed by atoms with E-state index in [-0.39, 0.29) is 0 Å². The summed E-state index contributed by atoms with van der Waals surface area (Å²) >= 11 is 0. The van der Waals surface area contributed by atoms with E-state index in [2.05, 4.69) is 0 Å². The van der Waals surface area contributed by atoms with E-state index in [0.717, 1.165) is 6.92 Å². The van der Waals surface area contributed by atoms with Gasteiger partial charge in [-0.1, -0.05) is 0 Å². The van der Waals surface area contributed by atoms with Gasteiger partial charge in [0.25, 0.3) is 11.6 Å². The van der Waals surface area contributed by atoms with Gasteiger partial charge in [0.2, 0.25) is 11.6 Å². The number of carbonyl (C=O) groups is 1. The molecule has 0 aromatic heterocycles. The molecule has 0 unspecified atom stereocenters. The first-order valence-electron chi connectivity index (χ1n) is 4.85. The smallest absolute Gasteiger partial charge is 0.315 e. The molecule has 112 valence electrons. The fraction of sp³-hybridized carbons (Fsp3) is 0.125. The lowest BCUT2D eigenvalue weighted by Crippen LogP contribution is -2.14. The lowest BCUT2D eigenvalue weighted by molar-refractivity contribution is -0.409. The van der Waals surface area contributed by atoms with Crippen molar-refractivity contribution < 1.29 is 28.3 Å². The summed E-state index contributed by atoms with van der Waals surface area (Å²) in [5.74, 6) is -5.58. The Kier molecular flexibility index (Phi) is 4.06. The molecule has 1 N–H and O–H groups in total. The van der Waals surface area contributed by atoms with Crippen molar-refractivity contribution in [2.24, 2.45) is 0 Å². The van der Waals surface area contributed by atoms with Crippen LogP contribution in [0.2, 0.25) is 0 Å². The number of nitro groups is 3. The van der Waals surface area contributed by atoms with Crippen molar-refractivity contribution >= 4 is 28.7 Å². The summed E-state index contributed by atoms with van der Waals surface area (Å²) in [4.78, 5) is 38.1. The van der Waals surface area contributed by atoms with Crippen molar-refractivity contribution in [3.63, 3.8) is 0 Å². The molecule has 0 spiro atoms. The Hall–Kier alpha value is -3.25. The van der Waals surface area contributed by atoms with Gasteiger partial charge in [-0.2, -0.15) is 8.78 Å². The number of rotatable bonds is 4. The highest BCUT2D eigenvalue weighted by atomic mass is 19.1. The molecule has 1 amide bonds. The van der Waals surface area contributed by atoms with E-state index in [0.29, 0.717) is 0 Å². The monoisotopic (exact) mass is 306 g/mol. The summed E-state index contributed by atoms with van der Waals surface area (Å²) < 4.78 is 27.4. The van der Waals surface area contributed by atoms with Crippen LogP contribution in [0, 0.1) is 42.0 Å². The third kappa shape index (κ3) is 2.70.